The summed E-state index contributed by atoms with van der Waals surface area (Å²) in [5.74, 6) is 0.308. The zero-order valence-corrected chi connectivity index (χ0v) is 16.4. The second-order valence-corrected chi connectivity index (χ2v) is 8.22. The van der Waals surface area contributed by atoms with Crippen molar-refractivity contribution in [2.75, 3.05) is 11.1 Å². The van der Waals surface area contributed by atoms with Crippen LogP contribution in [0.5, 0.6) is 0 Å². The Labute approximate surface area is 171 Å². The first kappa shape index (κ1) is 17.8. The number of amides is 1. The van der Waals surface area contributed by atoms with Gasteiger partial charge in [0.2, 0.25) is 11.9 Å². The van der Waals surface area contributed by atoms with E-state index in [1.807, 2.05) is 48.0 Å². The number of hydrogen-bond acceptors (Lipinski definition) is 6. The summed E-state index contributed by atoms with van der Waals surface area (Å²) in [7, 11) is 0. The molecule has 3 N–H and O–H groups in total. The molecule has 2 aromatic heterocycles. The van der Waals surface area contributed by atoms with Crippen LogP contribution in [-0.4, -0.2) is 20.9 Å². The molecule has 1 fully saturated rings. The number of rotatable bonds is 4. The number of carbonyl (C=O) groups is 1. The zero-order chi connectivity index (χ0) is 19.8. The maximum atomic E-state index is 13.2. The van der Waals surface area contributed by atoms with Crippen LogP contribution in [0.15, 0.2) is 60.4 Å². The van der Waals surface area contributed by atoms with Crippen LogP contribution >= 0.6 is 11.3 Å². The predicted octanol–water partition coefficient (Wildman–Crippen LogP) is 4.40. The van der Waals surface area contributed by atoms with Gasteiger partial charge in [0.1, 0.15) is 0 Å². The molecule has 0 aliphatic heterocycles. The van der Waals surface area contributed by atoms with E-state index in [2.05, 4.69) is 20.3 Å². The molecule has 1 aliphatic rings. The number of hydrogen-bond donors (Lipinski definition) is 2. The molecule has 5 rings (SSSR count). The van der Waals surface area contributed by atoms with Crippen molar-refractivity contribution < 1.29 is 4.79 Å². The SMILES string of the molecule is Nc1ncc(-c2ccc(C3(C(=O)Nc4ccc5ncsc5c4)CCC3)cc2)cn1. The van der Waals surface area contributed by atoms with Crippen LogP contribution in [-0.2, 0) is 10.2 Å². The van der Waals surface area contributed by atoms with Gasteiger partial charge in [-0.15, -0.1) is 11.3 Å². The minimum atomic E-state index is -0.473. The summed E-state index contributed by atoms with van der Waals surface area (Å²) in [5, 5.41) is 3.12. The second-order valence-electron chi connectivity index (χ2n) is 7.33. The Morgan fingerprint density at radius 3 is 2.45 bits per heavy atom. The molecule has 0 bridgehead atoms. The number of nitrogens with zero attached hydrogens (tertiary/aromatic N) is 3. The standard InChI is InChI=1S/C22H19N5OS/c23-21-24-11-15(12-25-21)14-2-4-16(5-3-14)22(8-1-9-22)20(28)27-17-6-7-18-19(10-17)29-13-26-18/h2-7,10-13H,1,8-9H2,(H,27,28)(H2,23,24,25). The topological polar surface area (TPSA) is 93.8 Å². The highest BCUT2D eigenvalue weighted by Crippen LogP contribution is 2.45. The number of nitrogen functional groups attached to an aromatic ring is 1. The Bertz CT molecular complexity index is 1180. The molecule has 0 radical (unpaired) electrons. The summed E-state index contributed by atoms with van der Waals surface area (Å²) >= 11 is 1.57. The zero-order valence-electron chi connectivity index (χ0n) is 15.6. The first-order chi connectivity index (χ1) is 14.1. The number of fused-ring (bicyclic) bond motifs is 1. The molecule has 1 amide bonds. The molecule has 7 heteroatoms. The second kappa shape index (κ2) is 6.93. The molecule has 4 aromatic rings. The van der Waals surface area contributed by atoms with Crippen molar-refractivity contribution in [3.05, 3.63) is 65.9 Å². The monoisotopic (exact) mass is 401 g/mol. The van der Waals surface area contributed by atoms with Crippen LogP contribution < -0.4 is 11.1 Å². The van der Waals surface area contributed by atoms with E-state index >= 15 is 0 Å². The summed E-state index contributed by atoms with van der Waals surface area (Å²) < 4.78 is 1.07. The highest BCUT2D eigenvalue weighted by Gasteiger charge is 2.45. The van der Waals surface area contributed by atoms with Crippen LogP contribution in [0.3, 0.4) is 0 Å². The van der Waals surface area contributed by atoms with Gasteiger partial charge in [-0.3, -0.25) is 4.79 Å². The van der Waals surface area contributed by atoms with Crippen molar-refractivity contribution >= 4 is 39.1 Å². The van der Waals surface area contributed by atoms with Crippen molar-refractivity contribution in [3.8, 4) is 11.1 Å². The van der Waals surface area contributed by atoms with Gasteiger partial charge in [-0.2, -0.15) is 0 Å². The maximum Gasteiger partial charge on any atom is 0.235 e. The van der Waals surface area contributed by atoms with Gasteiger partial charge >= 0.3 is 0 Å². The minimum absolute atomic E-state index is 0.0520. The van der Waals surface area contributed by atoms with E-state index in [4.69, 9.17) is 5.73 Å². The summed E-state index contributed by atoms with van der Waals surface area (Å²) in [6, 6.07) is 14.0. The normalized spacial score (nSPS) is 15.0. The van der Waals surface area contributed by atoms with E-state index in [-0.39, 0.29) is 11.9 Å². The maximum absolute atomic E-state index is 13.2. The lowest BCUT2D eigenvalue weighted by Gasteiger charge is -2.40. The third-order valence-corrected chi connectivity index (χ3v) is 6.47. The fourth-order valence-electron chi connectivity index (χ4n) is 3.83. The molecule has 0 unspecified atom stereocenters. The highest BCUT2D eigenvalue weighted by atomic mass is 32.1. The first-order valence-electron chi connectivity index (χ1n) is 9.47. The van der Waals surface area contributed by atoms with E-state index in [0.717, 1.165) is 51.9 Å². The van der Waals surface area contributed by atoms with Gasteiger partial charge in [0.25, 0.3) is 0 Å². The van der Waals surface area contributed by atoms with E-state index in [0.29, 0.717) is 0 Å². The van der Waals surface area contributed by atoms with Crippen LogP contribution in [0.25, 0.3) is 21.3 Å². The first-order valence-corrected chi connectivity index (χ1v) is 10.4. The Morgan fingerprint density at radius 1 is 1.00 bits per heavy atom. The Kier molecular flexibility index (Phi) is 4.24. The van der Waals surface area contributed by atoms with E-state index in [1.165, 1.54) is 0 Å². The largest absolute Gasteiger partial charge is 0.368 e. The van der Waals surface area contributed by atoms with Crippen molar-refractivity contribution in [2.45, 2.75) is 24.7 Å². The summed E-state index contributed by atoms with van der Waals surface area (Å²) in [5.41, 5.74) is 11.6. The number of benzene rings is 2. The molecule has 0 atom stereocenters. The van der Waals surface area contributed by atoms with Gasteiger partial charge in [0, 0.05) is 23.6 Å². The average Bonchev–Trinajstić information content (AvgIpc) is 3.16. The van der Waals surface area contributed by atoms with E-state index in [1.54, 1.807) is 23.7 Å². The highest BCUT2D eigenvalue weighted by molar-refractivity contribution is 7.16. The number of aromatic nitrogens is 3. The molecule has 1 saturated carbocycles. The van der Waals surface area contributed by atoms with Crippen LogP contribution in [0.2, 0.25) is 0 Å². The molecular weight excluding hydrogens is 382 g/mol. The summed E-state index contributed by atoms with van der Waals surface area (Å²) in [6.45, 7) is 0. The number of nitrogens with one attached hydrogen (secondary N) is 1. The summed E-state index contributed by atoms with van der Waals surface area (Å²) in [6.07, 6.45) is 6.17. The van der Waals surface area contributed by atoms with Gasteiger partial charge < -0.3 is 11.1 Å². The Morgan fingerprint density at radius 2 is 1.76 bits per heavy atom. The lowest BCUT2D eigenvalue weighted by molar-refractivity contribution is -0.124. The molecular formula is C22H19N5OS. The molecule has 0 saturated heterocycles. The van der Waals surface area contributed by atoms with Crippen LogP contribution in [0, 0.1) is 0 Å². The van der Waals surface area contributed by atoms with Crippen molar-refractivity contribution in [2.24, 2.45) is 0 Å². The quantitative estimate of drug-likeness (QED) is 0.529. The number of nitrogens with two attached hydrogens (primary N) is 1. The molecule has 6 nitrogen and oxygen atoms in total. The Balaban J connectivity index is 1.40. The molecule has 1 aliphatic carbocycles. The van der Waals surface area contributed by atoms with Crippen LogP contribution in [0.1, 0.15) is 24.8 Å². The lowest BCUT2D eigenvalue weighted by Crippen LogP contribution is -2.46. The van der Waals surface area contributed by atoms with Gasteiger partial charge in [-0.25, -0.2) is 15.0 Å². The van der Waals surface area contributed by atoms with Crippen molar-refractivity contribution in [1.82, 2.24) is 15.0 Å². The predicted molar refractivity (Wildman–Crippen MR) is 116 cm³/mol. The van der Waals surface area contributed by atoms with E-state index < -0.39 is 5.41 Å². The van der Waals surface area contributed by atoms with E-state index in [9.17, 15) is 4.79 Å². The van der Waals surface area contributed by atoms with Gasteiger partial charge in [-0.05, 0) is 42.2 Å². The average molecular weight is 401 g/mol. The molecule has 2 aromatic carbocycles. The Hall–Kier alpha value is -3.32. The molecule has 0 spiro atoms. The molecule has 2 heterocycles. The van der Waals surface area contributed by atoms with Crippen molar-refractivity contribution in [3.63, 3.8) is 0 Å². The number of thiazole rings is 1. The smallest absolute Gasteiger partial charge is 0.235 e. The third kappa shape index (κ3) is 3.13. The van der Waals surface area contributed by atoms with Crippen molar-refractivity contribution in [1.29, 1.82) is 0 Å². The number of anilines is 2. The van der Waals surface area contributed by atoms with Gasteiger partial charge in [0.15, 0.2) is 0 Å². The fraction of sp³-hybridized carbons (Fsp3) is 0.182. The van der Waals surface area contributed by atoms with Crippen LogP contribution in [0.4, 0.5) is 11.6 Å². The molecule has 29 heavy (non-hydrogen) atoms. The lowest BCUT2D eigenvalue weighted by atomic mass is 9.63. The summed E-state index contributed by atoms with van der Waals surface area (Å²) in [4.78, 5) is 25.6. The fourth-order valence-corrected chi connectivity index (χ4v) is 4.55. The van der Waals surface area contributed by atoms with Gasteiger partial charge in [0.05, 0.1) is 21.1 Å². The molecule has 144 valence electrons. The minimum Gasteiger partial charge on any atom is -0.368 e. The third-order valence-electron chi connectivity index (χ3n) is 5.67. The van der Waals surface area contributed by atoms with Gasteiger partial charge in [-0.1, -0.05) is 30.7 Å². The number of carbonyl (C=O) groups excluding carboxylic acids is 1.